The molecule has 2 heterocycles. The largest absolute Gasteiger partial charge is 0.573 e. The van der Waals surface area contributed by atoms with Crippen molar-refractivity contribution in [2.75, 3.05) is 0 Å². The van der Waals surface area contributed by atoms with Crippen LogP contribution in [0, 0.1) is 0 Å². The second-order valence-electron chi connectivity index (χ2n) is 12.6. The minimum Gasteiger partial charge on any atom is -0.406 e. The SMILES string of the molecule is CCc1cc(-c2ccc(-c3ccccc3-c3nnn(C(c4ccccc4)(c4ccccc4)c4ccccc4)n3)cc2)c2cc(OC(F)(F)F)ccc2n1. The van der Waals surface area contributed by atoms with E-state index < -0.39 is 11.9 Å². The number of benzene rings is 6. The van der Waals surface area contributed by atoms with E-state index in [4.69, 9.17) is 10.3 Å². The van der Waals surface area contributed by atoms with Gasteiger partial charge in [-0.05, 0) is 74.8 Å². The number of hydrogen-bond acceptors (Lipinski definition) is 5. The highest BCUT2D eigenvalue weighted by Crippen LogP contribution is 2.41. The van der Waals surface area contributed by atoms with Gasteiger partial charge in [-0.15, -0.1) is 28.2 Å². The lowest BCUT2D eigenvalue weighted by molar-refractivity contribution is -0.274. The summed E-state index contributed by atoms with van der Waals surface area (Å²) in [5, 5.41) is 15.1. The maximum atomic E-state index is 13.1. The molecule has 0 atom stereocenters. The van der Waals surface area contributed by atoms with Gasteiger partial charge < -0.3 is 4.74 Å². The zero-order chi connectivity index (χ0) is 36.4. The summed E-state index contributed by atoms with van der Waals surface area (Å²) in [7, 11) is 0. The van der Waals surface area contributed by atoms with Crippen molar-refractivity contribution >= 4 is 10.9 Å². The van der Waals surface area contributed by atoms with Gasteiger partial charge in [-0.1, -0.05) is 146 Å². The fraction of sp³-hybridized carbons (Fsp3) is 0.0909. The third-order valence-electron chi connectivity index (χ3n) is 9.39. The van der Waals surface area contributed by atoms with Crippen molar-refractivity contribution in [2.45, 2.75) is 25.2 Å². The summed E-state index contributed by atoms with van der Waals surface area (Å²) in [5.74, 6) is 0.168. The lowest BCUT2D eigenvalue weighted by Crippen LogP contribution is -2.39. The van der Waals surface area contributed by atoms with Gasteiger partial charge in [-0.3, -0.25) is 4.98 Å². The van der Waals surface area contributed by atoms with E-state index >= 15 is 0 Å². The third kappa shape index (κ3) is 6.42. The van der Waals surface area contributed by atoms with Crippen LogP contribution in [0.4, 0.5) is 13.2 Å². The van der Waals surface area contributed by atoms with Crippen molar-refractivity contribution < 1.29 is 17.9 Å². The lowest BCUT2D eigenvalue weighted by Gasteiger charge is -2.34. The van der Waals surface area contributed by atoms with Crippen molar-refractivity contribution in [1.82, 2.24) is 25.2 Å². The molecule has 2 aromatic heterocycles. The molecule has 0 N–H and O–H groups in total. The molecule has 0 fully saturated rings. The van der Waals surface area contributed by atoms with Gasteiger partial charge in [0.1, 0.15) is 5.75 Å². The molecule has 6 aromatic carbocycles. The number of pyridine rings is 1. The second kappa shape index (κ2) is 13.8. The molecule has 6 nitrogen and oxygen atoms in total. The van der Waals surface area contributed by atoms with Crippen LogP contribution in [0.2, 0.25) is 0 Å². The van der Waals surface area contributed by atoms with E-state index in [0.717, 1.165) is 50.2 Å². The summed E-state index contributed by atoms with van der Waals surface area (Å²) in [6.07, 6.45) is -4.13. The topological polar surface area (TPSA) is 65.7 Å². The van der Waals surface area contributed by atoms with Crippen LogP contribution >= 0.6 is 0 Å². The molecule has 8 rings (SSSR count). The molecule has 0 radical (unpaired) electrons. The number of aromatic nitrogens is 5. The second-order valence-corrected chi connectivity index (χ2v) is 12.6. The van der Waals surface area contributed by atoms with Gasteiger partial charge >= 0.3 is 6.36 Å². The number of aryl methyl sites for hydroxylation is 1. The first-order chi connectivity index (χ1) is 25.8. The first kappa shape index (κ1) is 33.5. The number of tetrazole rings is 1. The molecular weight excluding hydrogens is 672 g/mol. The van der Waals surface area contributed by atoms with E-state index in [2.05, 4.69) is 51.2 Å². The van der Waals surface area contributed by atoms with Crippen molar-refractivity contribution in [3.8, 4) is 39.4 Å². The first-order valence-electron chi connectivity index (χ1n) is 17.2. The highest BCUT2D eigenvalue weighted by Gasteiger charge is 2.41. The van der Waals surface area contributed by atoms with E-state index in [1.165, 1.54) is 12.1 Å². The fourth-order valence-corrected chi connectivity index (χ4v) is 6.98. The van der Waals surface area contributed by atoms with Crippen LogP contribution in [-0.2, 0) is 12.0 Å². The minimum absolute atomic E-state index is 0.292. The van der Waals surface area contributed by atoms with E-state index in [0.29, 0.717) is 23.1 Å². The number of ether oxygens (including phenoxy) is 1. The molecule has 0 bridgehead atoms. The van der Waals surface area contributed by atoms with Gasteiger partial charge in [-0.25, -0.2) is 0 Å². The molecule has 0 saturated carbocycles. The van der Waals surface area contributed by atoms with Crippen LogP contribution < -0.4 is 4.74 Å². The van der Waals surface area contributed by atoms with Gasteiger partial charge in [-0.2, -0.15) is 0 Å². The predicted octanol–water partition coefficient (Wildman–Crippen LogP) is 10.5. The van der Waals surface area contributed by atoms with Gasteiger partial charge in [0.15, 0.2) is 5.54 Å². The molecule has 0 saturated heterocycles. The van der Waals surface area contributed by atoms with E-state index in [1.54, 1.807) is 10.9 Å². The maximum Gasteiger partial charge on any atom is 0.573 e. The highest BCUT2D eigenvalue weighted by molar-refractivity contribution is 5.96. The normalized spacial score (nSPS) is 11.8. The van der Waals surface area contributed by atoms with Crippen LogP contribution in [0.5, 0.6) is 5.75 Å². The Morgan fingerprint density at radius 2 is 1.11 bits per heavy atom. The molecule has 0 aliphatic rings. The zero-order valence-electron chi connectivity index (χ0n) is 28.6. The molecule has 0 spiro atoms. The molecule has 260 valence electrons. The quantitative estimate of drug-likeness (QED) is 0.140. The van der Waals surface area contributed by atoms with Crippen LogP contribution in [0.15, 0.2) is 164 Å². The highest BCUT2D eigenvalue weighted by atomic mass is 19.4. The van der Waals surface area contributed by atoms with Crippen molar-refractivity contribution in [2.24, 2.45) is 0 Å². The number of rotatable bonds is 9. The Kier molecular flexibility index (Phi) is 8.76. The fourth-order valence-electron chi connectivity index (χ4n) is 6.98. The predicted molar refractivity (Wildman–Crippen MR) is 200 cm³/mol. The smallest absolute Gasteiger partial charge is 0.406 e. The summed E-state index contributed by atoms with van der Waals surface area (Å²) >= 11 is 0. The van der Waals surface area contributed by atoms with Crippen molar-refractivity contribution in [3.05, 3.63) is 186 Å². The first-order valence-corrected chi connectivity index (χ1v) is 17.2. The number of fused-ring (bicyclic) bond motifs is 1. The molecular formula is C44H32F3N5O. The van der Waals surface area contributed by atoms with Gasteiger partial charge in [0.25, 0.3) is 0 Å². The summed E-state index contributed by atoms with van der Waals surface area (Å²) in [6, 6.07) is 52.5. The van der Waals surface area contributed by atoms with E-state index in [1.807, 2.05) is 116 Å². The van der Waals surface area contributed by atoms with Crippen molar-refractivity contribution in [3.63, 3.8) is 0 Å². The molecule has 9 heteroatoms. The number of alkyl halides is 3. The Labute approximate surface area is 304 Å². The number of hydrogen-bond donors (Lipinski definition) is 0. The third-order valence-corrected chi connectivity index (χ3v) is 9.39. The number of halogens is 3. The zero-order valence-corrected chi connectivity index (χ0v) is 28.6. The summed E-state index contributed by atoms with van der Waals surface area (Å²) in [6.45, 7) is 1.99. The summed E-state index contributed by atoms with van der Waals surface area (Å²) in [4.78, 5) is 6.35. The average Bonchev–Trinajstić information content (AvgIpc) is 3.69. The van der Waals surface area contributed by atoms with Crippen LogP contribution in [0.3, 0.4) is 0 Å². The van der Waals surface area contributed by atoms with Gasteiger partial charge in [0.2, 0.25) is 5.82 Å². The molecule has 0 aliphatic carbocycles. The Morgan fingerprint density at radius 3 is 1.66 bits per heavy atom. The minimum atomic E-state index is -4.80. The van der Waals surface area contributed by atoms with E-state index in [9.17, 15) is 13.2 Å². The Morgan fingerprint density at radius 1 is 0.585 bits per heavy atom. The van der Waals surface area contributed by atoms with Crippen LogP contribution in [-0.4, -0.2) is 31.6 Å². The maximum absolute atomic E-state index is 13.1. The molecule has 8 aromatic rings. The molecule has 0 unspecified atom stereocenters. The van der Waals surface area contributed by atoms with Crippen molar-refractivity contribution in [1.29, 1.82) is 0 Å². The lowest BCUT2D eigenvalue weighted by atomic mass is 9.77. The molecule has 0 aliphatic heterocycles. The Bertz CT molecular complexity index is 2410. The summed E-state index contributed by atoms with van der Waals surface area (Å²) in [5.41, 5.74) is 7.67. The van der Waals surface area contributed by atoms with E-state index in [-0.39, 0.29) is 5.75 Å². The Hall–Kier alpha value is -6.61. The standard InChI is InChI=1S/C44H32F3N5O/c1-2-35-28-39(40-29-36(53-44(45,46)47)26-27-41(40)48-35)31-24-22-30(23-25-31)37-20-12-13-21-38(37)42-49-51-52(50-42)43(32-14-6-3-7-15-32,33-16-8-4-9-17-33)34-18-10-5-11-19-34/h3-29H,2H2,1H3. The molecule has 53 heavy (non-hydrogen) atoms. The van der Waals surface area contributed by atoms with Crippen LogP contribution in [0.25, 0.3) is 44.5 Å². The summed E-state index contributed by atoms with van der Waals surface area (Å²) < 4.78 is 43.5. The Balaban J connectivity index is 1.22. The van der Waals surface area contributed by atoms with Gasteiger partial charge in [0, 0.05) is 16.6 Å². The number of nitrogens with zero attached hydrogens (tertiary/aromatic N) is 5. The average molecular weight is 704 g/mol. The van der Waals surface area contributed by atoms with Crippen LogP contribution in [0.1, 0.15) is 29.3 Å². The monoisotopic (exact) mass is 703 g/mol. The van der Waals surface area contributed by atoms with Gasteiger partial charge in [0.05, 0.1) is 5.52 Å². The molecule has 0 amide bonds.